The largest absolute Gasteiger partial charge is 0.404 e. The molecule has 0 aromatic heterocycles. The maximum atomic E-state index is 6.02. The molecule has 0 fully saturated rings. The van der Waals surface area contributed by atoms with Crippen LogP contribution in [-0.4, -0.2) is 0 Å². The number of benzene rings is 1. The lowest BCUT2D eigenvalue weighted by atomic mass is 9.95. The van der Waals surface area contributed by atoms with Crippen LogP contribution in [-0.2, 0) is 0 Å². The van der Waals surface area contributed by atoms with Crippen LogP contribution in [0.5, 0.6) is 0 Å². The minimum atomic E-state index is 0.314. The van der Waals surface area contributed by atoms with Crippen LogP contribution < -0.4 is 11.5 Å². The molecule has 1 aromatic rings. The molecule has 4 N–H and O–H groups in total. The van der Waals surface area contributed by atoms with Crippen molar-refractivity contribution in [2.45, 2.75) is 13.8 Å². The highest BCUT2D eigenvalue weighted by Gasteiger charge is 2.11. The molecular formula is C11H14BrClN2. The van der Waals surface area contributed by atoms with Gasteiger partial charge in [0.25, 0.3) is 0 Å². The second-order valence-corrected chi connectivity index (χ2v) is 4.89. The van der Waals surface area contributed by atoms with E-state index in [4.69, 9.17) is 23.1 Å². The highest BCUT2D eigenvalue weighted by molar-refractivity contribution is 9.10. The maximum absolute atomic E-state index is 6.02. The van der Waals surface area contributed by atoms with Gasteiger partial charge in [0.05, 0.1) is 5.02 Å². The summed E-state index contributed by atoms with van der Waals surface area (Å²) in [4.78, 5) is 0. The van der Waals surface area contributed by atoms with E-state index in [1.165, 1.54) is 0 Å². The van der Waals surface area contributed by atoms with Gasteiger partial charge in [0, 0.05) is 15.7 Å². The van der Waals surface area contributed by atoms with Gasteiger partial charge in [0.15, 0.2) is 0 Å². The fourth-order valence-electron chi connectivity index (χ4n) is 1.41. The van der Waals surface area contributed by atoms with Crippen LogP contribution in [0.25, 0.3) is 5.57 Å². The summed E-state index contributed by atoms with van der Waals surface area (Å²) in [7, 11) is 0. The Morgan fingerprint density at radius 3 is 2.53 bits per heavy atom. The topological polar surface area (TPSA) is 52.0 Å². The number of hydrogen-bond acceptors (Lipinski definition) is 2. The number of halogens is 2. The first-order valence-electron chi connectivity index (χ1n) is 4.64. The first-order chi connectivity index (χ1) is 6.97. The van der Waals surface area contributed by atoms with Gasteiger partial charge in [-0.3, -0.25) is 0 Å². The van der Waals surface area contributed by atoms with E-state index in [0.717, 1.165) is 15.6 Å². The summed E-state index contributed by atoms with van der Waals surface area (Å²) in [6.45, 7) is 4.13. The van der Waals surface area contributed by atoms with E-state index in [2.05, 4.69) is 29.8 Å². The molecule has 0 heterocycles. The van der Waals surface area contributed by atoms with Crippen LogP contribution in [0.1, 0.15) is 19.4 Å². The zero-order valence-corrected chi connectivity index (χ0v) is 11.1. The molecule has 0 spiro atoms. The Labute approximate surface area is 103 Å². The van der Waals surface area contributed by atoms with Crippen LogP contribution in [0.3, 0.4) is 0 Å². The number of hydrogen-bond donors (Lipinski definition) is 2. The fourth-order valence-corrected chi connectivity index (χ4v) is 1.93. The molecule has 0 atom stereocenters. The van der Waals surface area contributed by atoms with Gasteiger partial charge in [-0.25, -0.2) is 0 Å². The average Bonchev–Trinajstić information content (AvgIpc) is 2.14. The van der Waals surface area contributed by atoms with Crippen molar-refractivity contribution in [2.75, 3.05) is 5.73 Å². The second-order valence-electron chi connectivity index (χ2n) is 3.63. The minimum absolute atomic E-state index is 0.314. The molecule has 0 unspecified atom stereocenters. The van der Waals surface area contributed by atoms with E-state index < -0.39 is 0 Å². The number of nitrogen functional groups attached to an aromatic ring is 1. The average molecular weight is 290 g/mol. The highest BCUT2D eigenvalue weighted by atomic mass is 79.9. The Kier molecular flexibility index (Phi) is 4.05. The molecule has 0 saturated heterocycles. The van der Waals surface area contributed by atoms with Crippen LogP contribution in [0.15, 0.2) is 22.8 Å². The zero-order chi connectivity index (χ0) is 11.6. The standard InChI is InChI=1S/C11H14BrClN2/c1-6(2)8(5-14)7-3-10(13)9(12)4-11(7)15/h3-6H,14-15H2,1-2H3/b8-5-. The van der Waals surface area contributed by atoms with E-state index in [9.17, 15) is 0 Å². The van der Waals surface area contributed by atoms with Crippen molar-refractivity contribution in [3.8, 4) is 0 Å². The molecule has 0 bridgehead atoms. The van der Waals surface area contributed by atoms with Crippen LogP contribution in [0.4, 0.5) is 5.69 Å². The normalized spacial score (nSPS) is 12.2. The smallest absolute Gasteiger partial charge is 0.0555 e. The van der Waals surface area contributed by atoms with Gasteiger partial charge in [-0.05, 0) is 45.8 Å². The SMILES string of the molecule is CC(C)/C(=C/N)c1cc(Cl)c(Br)cc1N. The van der Waals surface area contributed by atoms with Gasteiger partial charge in [0.1, 0.15) is 0 Å². The molecule has 0 aliphatic heterocycles. The molecule has 0 radical (unpaired) electrons. The van der Waals surface area contributed by atoms with Crippen molar-refractivity contribution < 1.29 is 0 Å². The fraction of sp³-hybridized carbons (Fsp3) is 0.273. The molecule has 0 aliphatic carbocycles. The third-order valence-electron chi connectivity index (χ3n) is 2.21. The second kappa shape index (κ2) is 4.90. The van der Waals surface area contributed by atoms with Gasteiger partial charge in [0.2, 0.25) is 0 Å². The van der Waals surface area contributed by atoms with Gasteiger partial charge < -0.3 is 11.5 Å². The Morgan fingerprint density at radius 2 is 2.07 bits per heavy atom. The van der Waals surface area contributed by atoms with E-state index in [-0.39, 0.29) is 0 Å². The quantitative estimate of drug-likeness (QED) is 0.817. The molecule has 0 amide bonds. The third-order valence-corrected chi connectivity index (χ3v) is 3.40. The molecule has 0 aliphatic rings. The molecule has 2 nitrogen and oxygen atoms in total. The number of nitrogens with two attached hydrogens (primary N) is 2. The Balaban J connectivity index is 3.31. The Bertz CT molecular complexity index is 400. The van der Waals surface area contributed by atoms with E-state index >= 15 is 0 Å². The van der Waals surface area contributed by atoms with Gasteiger partial charge in [-0.15, -0.1) is 0 Å². The lowest BCUT2D eigenvalue weighted by molar-refractivity contribution is 0.853. The van der Waals surface area contributed by atoms with Crippen molar-refractivity contribution in [1.82, 2.24) is 0 Å². The first-order valence-corrected chi connectivity index (χ1v) is 5.81. The number of allylic oxidation sites excluding steroid dienone is 1. The first kappa shape index (κ1) is 12.4. The van der Waals surface area contributed by atoms with Crippen molar-refractivity contribution in [2.24, 2.45) is 11.7 Å². The minimum Gasteiger partial charge on any atom is -0.404 e. The molecule has 0 saturated carbocycles. The lowest BCUT2D eigenvalue weighted by Crippen LogP contribution is -2.01. The molecular weight excluding hydrogens is 275 g/mol. The monoisotopic (exact) mass is 288 g/mol. The predicted octanol–water partition coefficient (Wildman–Crippen LogP) is 3.64. The molecule has 1 aromatic carbocycles. The highest BCUT2D eigenvalue weighted by Crippen LogP contribution is 2.33. The van der Waals surface area contributed by atoms with Crippen molar-refractivity contribution >= 4 is 38.8 Å². The maximum Gasteiger partial charge on any atom is 0.0555 e. The third kappa shape index (κ3) is 2.67. The van der Waals surface area contributed by atoms with Crippen molar-refractivity contribution in [3.63, 3.8) is 0 Å². The van der Waals surface area contributed by atoms with Gasteiger partial charge in [-0.1, -0.05) is 25.4 Å². The van der Waals surface area contributed by atoms with Crippen molar-refractivity contribution in [3.05, 3.63) is 33.4 Å². The summed E-state index contributed by atoms with van der Waals surface area (Å²) in [6, 6.07) is 3.63. The summed E-state index contributed by atoms with van der Waals surface area (Å²) in [5.74, 6) is 0.314. The van der Waals surface area contributed by atoms with Crippen LogP contribution >= 0.6 is 27.5 Å². The lowest BCUT2D eigenvalue weighted by Gasteiger charge is -2.14. The molecule has 82 valence electrons. The molecule has 4 heteroatoms. The number of rotatable bonds is 2. The van der Waals surface area contributed by atoms with E-state index in [1.807, 2.05) is 6.07 Å². The molecule has 1 rings (SSSR count). The summed E-state index contributed by atoms with van der Waals surface area (Å²) in [6.07, 6.45) is 1.58. The van der Waals surface area contributed by atoms with Crippen LogP contribution in [0.2, 0.25) is 5.02 Å². The van der Waals surface area contributed by atoms with Crippen molar-refractivity contribution in [1.29, 1.82) is 0 Å². The van der Waals surface area contributed by atoms with E-state index in [1.54, 1.807) is 12.3 Å². The summed E-state index contributed by atoms with van der Waals surface area (Å²) < 4.78 is 0.797. The Morgan fingerprint density at radius 1 is 1.47 bits per heavy atom. The van der Waals surface area contributed by atoms with Gasteiger partial charge >= 0.3 is 0 Å². The Hall–Kier alpha value is -0.670. The zero-order valence-electron chi connectivity index (χ0n) is 8.72. The summed E-state index contributed by atoms with van der Waals surface area (Å²) >= 11 is 9.35. The van der Waals surface area contributed by atoms with E-state index in [0.29, 0.717) is 16.6 Å². The summed E-state index contributed by atoms with van der Waals surface area (Å²) in [5.41, 5.74) is 14.1. The summed E-state index contributed by atoms with van der Waals surface area (Å²) in [5, 5.41) is 0.638. The van der Waals surface area contributed by atoms with Crippen LogP contribution in [0, 0.1) is 5.92 Å². The predicted molar refractivity (Wildman–Crippen MR) is 70.6 cm³/mol. The van der Waals surface area contributed by atoms with Gasteiger partial charge in [-0.2, -0.15) is 0 Å². The number of anilines is 1. The molecule has 15 heavy (non-hydrogen) atoms.